The molecule has 1 amide bonds. The topological polar surface area (TPSA) is 112 Å². The SMILES string of the molecule is CCC(C)N(Cc1nc(-c2cccs2)no1)C(=O)COc1ccc([N+](=O)[O-])c(C)c1. The van der Waals surface area contributed by atoms with Crippen LogP contribution >= 0.6 is 11.3 Å². The fourth-order valence-electron chi connectivity index (χ4n) is 2.83. The average Bonchev–Trinajstić information content (AvgIpc) is 3.41. The first-order valence-corrected chi connectivity index (χ1v) is 10.3. The number of rotatable bonds is 9. The van der Waals surface area contributed by atoms with Crippen molar-refractivity contribution in [1.29, 1.82) is 0 Å². The van der Waals surface area contributed by atoms with Gasteiger partial charge in [-0.1, -0.05) is 18.1 Å². The zero-order valence-electron chi connectivity index (χ0n) is 16.9. The van der Waals surface area contributed by atoms with Crippen molar-refractivity contribution in [3.8, 4) is 16.5 Å². The molecule has 1 atom stereocenters. The number of carbonyl (C=O) groups is 1. The summed E-state index contributed by atoms with van der Waals surface area (Å²) in [4.78, 5) is 30.2. The molecule has 0 N–H and O–H groups in total. The highest BCUT2D eigenvalue weighted by Crippen LogP contribution is 2.24. The lowest BCUT2D eigenvalue weighted by atomic mass is 10.2. The molecule has 2 aromatic heterocycles. The van der Waals surface area contributed by atoms with Gasteiger partial charge in [-0.2, -0.15) is 4.98 Å². The van der Waals surface area contributed by atoms with E-state index >= 15 is 0 Å². The first kappa shape index (κ1) is 21.4. The van der Waals surface area contributed by atoms with E-state index in [1.54, 1.807) is 17.9 Å². The predicted molar refractivity (Wildman–Crippen MR) is 111 cm³/mol. The molecule has 0 radical (unpaired) electrons. The molecule has 0 spiro atoms. The molecule has 3 rings (SSSR count). The van der Waals surface area contributed by atoms with Crippen LogP contribution in [-0.4, -0.2) is 38.5 Å². The maximum absolute atomic E-state index is 12.8. The summed E-state index contributed by atoms with van der Waals surface area (Å²) in [5, 5.41) is 16.8. The van der Waals surface area contributed by atoms with Gasteiger partial charge in [0.15, 0.2) is 6.61 Å². The van der Waals surface area contributed by atoms with Gasteiger partial charge >= 0.3 is 0 Å². The van der Waals surface area contributed by atoms with Gasteiger partial charge in [0.2, 0.25) is 11.7 Å². The molecule has 3 aromatic rings. The molecule has 2 heterocycles. The zero-order chi connectivity index (χ0) is 21.7. The second-order valence-electron chi connectivity index (χ2n) is 6.76. The van der Waals surface area contributed by atoms with Crippen molar-refractivity contribution in [2.45, 2.75) is 39.8 Å². The minimum absolute atomic E-state index is 0.00727. The minimum atomic E-state index is -0.455. The number of nitrogens with zero attached hydrogens (tertiary/aromatic N) is 4. The molecular formula is C20H22N4O5S. The molecule has 0 saturated heterocycles. The normalized spacial score (nSPS) is 11.8. The third-order valence-corrected chi connectivity index (χ3v) is 5.55. The lowest BCUT2D eigenvalue weighted by Gasteiger charge is -2.27. The Labute approximate surface area is 177 Å². The fraction of sp³-hybridized carbons (Fsp3) is 0.350. The molecule has 9 nitrogen and oxygen atoms in total. The Balaban J connectivity index is 1.67. The van der Waals surface area contributed by atoms with Crippen LogP contribution < -0.4 is 4.74 Å². The van der Waals surface area contributed by atoms with Crippen LogP contribution in [0.15, 0.2) is 40.2 Å². The Bertz CT molecular complexity index is 1020. The highest BCUT2D eigenvalue weighted by atomic mass is 32.1. The van der Waals surface area contributed by atoms with Gasteiger partial charge in [-0.25, -0.2) is 0 Å². The minimum Gasteiger partial charge on any atom is -0.484 e. The van der Waals surface area contributed by atoms with Crippen LogP contribution in [0.5, 0.6) is 5.75 Å². The Morgan fingerprint density at radius 3 is 2.83 bits per heavy atom. The van der Waals surface area contributed by atoms with E-state index in [0.717, 1.165) is 11.3 Å². The quantitative estimate of drug-likeness (QED) is 0.369. The van der Waals surface area contributed by atoms with Crippen LogP contribution in [0.4, 0.5) is 5.69 Å². The van der Waals surface area contributed by atoms with E-state index in [1.165, 1.54) is 23.5 Å². The number of hydrogen-bond acceptors (Lipinski definition) is 8. The summed E-state index contributed by atoms with van der Waals surface area (Å²) in [6, 6.07) is 8.14. The number of ether oxygens (including phenoxy) is 1. The van der Waals surface area contributed by atoms with Crippen molar-refractivity contribution in [3.63, 3.8) is 0 Å². The van der Waals surface area contributed by atoms with E-state index in [-0.39, 0.29) is 30.8 Å². The monoisotopic (exact) mass is 430 g/mol. The van der Waals surface area contributed by atoms with Gasteiger partial charge in [0, 0.05) is 17.7 Å². The van der Waals surface area contributed by atoms with Crippen molar-refractivity contribution in [3.05, 3.63) is 57.3 Å². The average molecular weight is 430 g/mol. The van der Waals surface area contributed by atoms with Gasteiger partial charge in [0.1, 0.15) is 12.3 Å². The lowest BCUT2D eigenvalue weighted by molar-refractivity contribution is -0.385. The number of benzene rings is 1. The zero-order valence-corrected chi connectivity index (χ0v) is 17.7. The Morgan fingerprint density at radius 1 is 1.40 bits per heavy atom. The van der Waals surface area contributed by atoms with E-state index in [2.05, 4.69) is 10.1 Å². The molecule has 0 aliphatic carbocycles. The molecule has 0 bridgehead atoms. The van der Waals surface area contributed by atoms with E-state index in [4.69, 9.17) is 9.26 Å². The first-order chi connectivity index (χ1) is 14.4. The number of thiophene rings is 1. The molecule has 0 aliphatic rings. The summed E-state index contributed by atoms with van der Waals surface area (Å²) in [6.07, 6.45) is 0.744. The number of nitro groups is 1. The summed E-state index contributed by atoms with van der Waals surface area (Å²) >= 11 is 1.51. The molecule has 10 heteroatoms. The fourth-order valence-corrected chi connectivity index (χ4v) is 3.48. The third kappa shape index (κ3) is 5.01. The smallest absolute Gasteiger partial charge is 0.272 e. The number of carbonyl (C=O) groups excluding carboxylic acids is 1. The summed E-state index contributed by atoms with van der Waals surface area (Å²) in [5.41, 5.74) is 0.476. The van der Waals surface area contributed by atoms with Crippen LogP contribution in [0, 0.1) is 17.0 Å². The van der Waals surface area contributed by atoms with Crippen molar-refractivity contribution in [1.82, 2.24) is 15.0 Å². The molecule has 0 aliphatic heterocycles. The Hall–Kier alpha value is -3.27. The second-order valence-corrected chi connectivity index (χ2v) is 7.71. The van der Waals surface area contributed by atoms with Crippen LogP contribution in [0.25, 0.3) is 10.7 Å². The van der Waals surface area contributed by atoms with E-state index in [0.29, 0.717) is 23.0 Å². The van der Waals surface area contributed by atoms with E-state index in [9.17, 15) is 14.9 Å². The number of aromatic nitrogens is 2. The highest BCUT2D eigenvalue weighted by molar-refractivity contribution is 7.13. The maximum atomic E-state index is 12.8. The molecule has 0 fully saturated rings. The van der Waals surface area contributed by atoms with Crippen LogP contribution in [-0.2, 0) is 11.3 Å². The highest BCUT2D eigenvalue weighted by Gasteiger charge is 2.23. The number of aryl methyl sites for hydroxylation is 1. The van der Waals surface area contributed by atoms with Gasteiger partial charge in [0.05, 0.1) is 9.80 Å². The molecule has 30 heavy (non-hydrogen) atoms. The molecule has 158 valence electrons. The largest absolute Gasteiger partial charge is 0.484 e. The predicted octanol–water partition coefficient (Wildman–Crippen LogP) is 4.22. The maximum Gasteiger partial charge on any atom is 0.272 e. The summed E-state index contributed by atoms with van der Waals surface area (Å²) < 4.78 is 10.9. The van der Waals surface area contributed by atoms with Crippen molar-refractivity contribution in [2.24, 2.45) is 0 Å². The second kappa shape index (κ2) is 9.49. The molecule has 1 unspecified atom stereocenters. The summed E-state index contributed by atoms with van der Waals surface area (Å²) in [6.45, 7) is 5.52. The van der Waals surface area contributed by atoms with Crippen molar-refractivity contribution < 1.29 is 19.0 Å². The van der Waals surface area contributed by atoms with Gasteiger partial charge in [-0.3, -0.25) is 14.9 Å². The third-order valence-electron chi connectivity index (χ3n) is 4.69. The Kier molecular flexibility index (Phi) is 6.78. The number of nitro benzene ring substituents is 1. The number of hydrogen-bond donors (Lipinski definition) is 0. The molecular weight excluding hydrogens is 408 g/mol. The molecule has 1 aromatic carbocycles. The van der Waals surface area contributed by atoms with Crippen LogP contribution in [0.1, 0.15) is 31.7 Å². The van der Waals surface area contributed by atoms with Gasteiger partial charge in [0.25, 0.3) is 11.6 Å². The summed E-state index contributed by atoms with van der Waals surface area (Å²) in [5.74, 6) is 0.997. The molecule has 0 saturated carbocycles. The summed E-state index contributed by atoms with van der Waals surface area (Å²) in [7, 11) is 0. The van der Waals surface area contributed by atoms with Crippen LogP contribution in [0.3, 0.4) is 0 Å². The lowest BCUT2D eigenvalue weighted by Crippen LogP contribution is -2.40. The van der Waals surface area contributed by atoms with Crippen molar-refractivity contribution in [2.75, 3.05) is 6.61 Å². The Morgan fingerprint density at radius 2 is 2.20 bits per heavy atom. The van der Waals surface area contributed by atoms with Crippen LogP contribution in [0.2, 0.25) is 0 Å². The standard InChI is InChI=1S/C20H22N4O5S/c1-4-14(3)23(11-18-21-20(22-29-18)17-6-5-9-30-17)19(25)12-28-15-7-8-16(24(26)27)13(2)10-15/h5-10,14H,4,11-12H2,1-3H3. The van der Waals surface area contributed by atoms with E-state index < -0.39 is 4.92 Å². The first-order valence-electron chi connectivity index (χ1n) is 9.42. The van der Waals surface area contributed by atoms with Gasteiger partial charge in [-0.15, -0.1) is 11.3 Å². The number of amides is 1. The van der Waals surface area contributed by atoms with Gasteiger partial charge in [-0.05, 0) is 43.8 Å². The van der Waals surface area contributed by atoms with Crippen molar-refractivity contribution >= 4 is 22.9 Å². The van der Waals surface area contributed by atoms with E-state index in [1.807, 2.05) is 31.4 Å². The van der Waals surface area contributed by atoms with Gasteiger partial charge < -0.3 is 14.2 Å².